The molecule has 0 aromatic carbocycles. The Labute approximate surface area is 136 Å². The van der Waals surface area contributed by atoms with Crippen molar-refractivity contribution < 1.29 is 9.90 Å². The van der Waals surface area contributed by atoms with Gasteiger partial charge in [-0.2, -0.15) is 0 Å². The number of amides is 1. The number of carbonyl (C=O) groups is 1. The lowest BCUT2D eigenvalue weighted by molar-refractivity contribution is -0.173. The molecule has 1 saturated heterocycles. The third-order valence-corrected chi connectivity index (χ3v) is 6.33. The van der Waals surface area contributed by atoms with Crippen molar-refractivity contribution in [2.24, 2.45) is 5.41 Å². The van der Waals surface area contributed by atoms with Gasteiger partial charge < -0.3 is 15.7 Å². The van der Waals surface area contributed by atoms with E-state index >= 15 is 0 Å². The van der Waals surface area contributed by atoms with Gasteiger partial charge in [0.2, 0.25) is 5.91 Å². The van der Waals surface area contributed by atoms with Crippen LogP contribution >= 0.6 is 11.3 Å². The maximum Gasteiger partial charge on any atom is 0.229 e. The maximum atomic E-state index is 12.9. The van der Waals surface area contributed by atoms with Crippen molar-refractivity contribution >= 4 is 17.2 Å². The molecule has 2 aliphatic rings. The Hall–Kier alpha value is -0.910. The highest BCUT2D eigenvalue weighted by Gasteiger charge is 2.58. The minimum absolute atomic E-state index is 0.0622. The summed E-state index contributed by atoms with van der Waals surface area (Å²) in [4.78, 5) is 14.2. The number of thiophene rings is 1. The Bertz CT molecular complexity index is 505. The summed E-state index contributed by atoms with van der Waals surface area (Å²) in [7, 11) is 0. The second-order valence-electron chi connectivity index (χ2n) is 6.88. The van der Waals surface area contributed by atoms with Crippen molar-refractivity contribution in [3.63, 3.8) is 0 Å². The first-order valence-electron chi connectivity index (χ1n) is 8.32. The average Bonchev–Trinajstić information content (AvgIpc) is 2.90. The number of piperidine rings is 1. The molecule has 0 bridgehead atoms. The molecule has 1 aromatic heterocycles. The van der Waals surface area contributed by atoms with E-state index in [9.17, 15) is 9.90 Å². The molecule has 5 heteroatoms. The van der Waals surface area contributed by atoms with Crippen LogP contribution in [0.5, 0.6) is 0 Å². The third-order valence-electron chi connectivity index (χ3n) is 5.43. The van der Waals surface area contributed by atoms with Crippen molar-refractivity contribution in [3.8, 4) is 0 Å². The van der Waals surface area contributed by atoms with Crippen molar-refractivity contribution in [2.75, 3.05) is 13.1 Å². The number of hydrogen-bond acceptors (Lipinski definition) is 4. The first-order chi connectivity index (χ1) is 10.6. The van der Waals surface area contributed by atoms with Crippen LogP contribution in [0, 0.1) is 5.41 Å². The molecule has 22 heavy (non-hydrogen) atoms. The fourth-order valence-electron chi connectivity index (χ4n) is 3.90. The van der Waals surface area contributed by atoms with Gasteiger partial charge in [0.1, 0.15) is 0 Å². The second kappa shape index (κ2) is 6.30. The zero-order valence-electron chi connectivity index (χ0n) is 13.2. The van der Waals surface area contributed by atoms with Gasteiger partial charge in [-0.15, -0.1) is 11.3 Å². The monoisotopic (exact) mass is 322 g/mol. The van der Waals surface area contributed by atoms with E-state index in [0.29, 0.717) is 12.8 Å². The lowest BCUT2D eigenvalue weighted by Crippen LogP contribution is -2.64. The lowest BCUT2D eigenvalue weighted by atomic mass is 9.55. The molecule has 1 saturated carbocycles. The van der Waals surface area contributed by atoms with Crippen LogP contribution in [-0.2, 0) is 11.2 Å². The van der Waals surface area contributed by atoms with Gasteiger partial charge in [-0.25, -0.2) is 0 Å². The summed E-state index contributed by atoms with van der Waals surface area (Å²) >= 11 is 1.72. The van der Waals surface area contributed by atoms with E-state index in [-0.39, 0.29) is 11.9 Å². The zero-order valence-corrected chi connectivity index (χ0v) is 14.0. The minimum Gasteiger partial charge on any atom is -0.389 e. The number of aliphatic hydroxyl groups is 1. The van der Waals surface area contributed by atoms with Gasteiger partial charge in [0.15, 0.2) is 0 Å². The number of carbonyl (C=O) groups excluding carboxylic acids is 1. The summed E-state index contributed by atoms with van der Waals surface area (Å²) < 4.78 is 0. The van der Waals surface area contributed by atoms with Gasteiger partial charge in [-0.1, -0.05) is 12.5 Å². The number of rotatable bonds is 5. The van der Waals surface area contributed by atoms with Crippen LogP contribution < -0.4 is 10.6 Å². The van der Waals surface area contributed by atoms with Crippen LogP contribution in [0.4, 0.5) is 0 Å². The summed E-state index contributed by atoms with van der Waals surface area (Å²) in [6.45, 7) is 3.66. The molecule has 0 radical (unpaired) electrons. The van der Waals surface area contributed by atoms with Gasteiger partial charge in [-0.05, 0) is 57.1 Å². The fourth-order valence-corrected chi connectivity index (χ4v) is 4.73. The van der Waals surface area contributed by atoms with Gasteiger partial charge in [0.25, 0.3) is 0 Å². The molecule has 4 nitrogen and oxygen atoms in total. The fraction of sp³-hybridized carbons (Fsp3) is 0.706. The molecule has 0 spiro atoms. The quantitative estimate of drug-likeness (QED) is 0.778. The lowest BCUT2D eigenvalue weighted by Gasteiger charge is -2.53. The standard InChI is InChI=1S/C17H26N2O2S/c1-13(12-14-4-2-11-22-14)19-15(20)16(5-3-6-16)17(21)7-9-18-10-8-17/h2,4,11,13,18,21H,3,5-10,12H2,1H3,(H,19,20)/t13-/m0/s1. The van der Waals surface area contributed by atoms with Crippen molar-refractivity contribution in [3.05, 3.63) is 22.4 Å². The molecule has 1 aromatic rings. The number of nitrogens with one attached hydrogen (secondary N) is 2. The largest absolute Gasteiger partial charge is 0.389 e. The van der Waals surface area contributed by atoms with E-state index in [4.69, 9.17) is 0 Å². The van der Waals surface area contributed by atoms with Crippen LogP contribution in [0.25, 0.3) is 0 Å². The summed E-state index contributed by atoms with van der Waals surface area (Å²) in [5, 5.41) is 19.6. The predicted molar refractivity (Wildman–Crippen MR) is 89.0 cm³/mol. The molecule has 3 N–H and O–H groups in total. The molecular formula is C17H26N2O2S. The van der Waals surface area contributed by atoms with Crippen LogP contribution in [0.15, 0.2) is 17.5 Å². The number of hydrogen-bond donors (Lipinski definition) is 3. The Kier molecular flexibility index (Phi) is 4.57. The molecule has 1 amide bonds. The van der Waals surface area contributed by atoms with Gasteiger partial charge >= 0.3 is 0 Å². The Morgan fingerprint density at radius 1 is 1.41 bits per heavy atom. The first-order valence-corrected chi connectivity index (χ1v) is 9.20. The summed E-state index contributed by atoms with van der Waals surface area (Å²) in [6, 6.07) is 4.25. The molecule has 2 fully saturated rings. The molecule has 122 valence electrons. The summed E-state index contributed by atoms with van der Waals surface area (Å²) in [6.07, 6.45) is 4.91. The normalized spacial score (nSPS) is 24.3. The molecule has 0 unspecified atom stereocenters. The van der Waals surface area contributed by atoms with E-state index in [1.165, 1.54) is 4.88 Å². The molecule has 2 heterocycles. The highest BCUT2D eigenvalue weighted by molar-refractivity contribution is 7.09. The molecule has 1 aliphatic carbocycles. The second-order valence-corrected chi connectivity index (χ2v) is 7.91. The van der Waals surface area contributed by atoms with Gasteiger partial charge in [0, 0.05) is 17.3 Å². The summed E-state index contributed by atoms with van der Waals surface area (Å²) in [5.41, 5.74) is -1.39. The predicted octanol–water partition coefficient (Wildman–Crippen LogP) is 2.08. The molecule has 1 aliphatic heterocycles. The first kappa shape index (κ1) is 16.0. The van der Waals surface area contributed by atoms with Crippen LogP contribution in [0.3, 0.4) is 0 Å². The molecule has 1 atom stereocenters. The van der Waals surface area contributed by atoms with Gasteiger partial charge in [-0.3, -0.25) is 4.79 Å². The highest BCUT2D eigenvalue weighted by atomic mass is 32.1. The summed E-state index contributed by atoms with van der Waals surface area (Å²) in [5.74, 6) is 0.0622. The van der Waals surface area contributed by atoms with E-state index in [1.54, 1.807) is 11.3 Å². The third kappa shape index (κ3) is 2.82. The SMILES string of the molecule is C[C@@H](Cc1cccs1)NC(=O)C1(C2(O)CCNCC2)CCC1. The average molecular weight is 322 g/mol. The van der Waals surface area contributed by atoms with Crippen LogP contribution in [0.2, 0.25) is 0 Å². The van der Waals surface area contributed by atoms with Crippen molar-refractivity contribution in [1.82, 2.24) is 10.6 Å². The van der Waals surface area contributed by atoms with Gasteiger partial charge in [0.05, 0.1) is 11.0 Å². The van der Waals surface area contributed by atoms with E-state index in [1.807, 2.05) is 6.07 Å². The van der Waals surface area contributed by atoms with E-state index in [2.05, 4.69) is 29.0 Å². The van der Waals surface area contributed by atoms with Crippen molar-refractivity contribution in [1.29, 1.82) is 0 Å². The molecular weight excluding hydrogens is 296 g/mol. The Morgan fingerprint density at radius 3 is 2.68 bits per heavy atom. The molecule has 3 rings (SSSR count). The van der Waals surface area contributed by atoms with Crippen LogP contribution in [-0.4, -0.2) is 35.7 Å². The Morgan fingerprint density at radius 2 is 2.14 bits per heavy atom. The topological polar surface area (TPSA) is 61.4 Å². The smallest absolute Gasteiger partial charge is 0.229 e. The maximum absolute atomic E-state index is 12.9. The Balaban J connectivity index is 1.66. The van der Waals surface area contributed by atoms with E-state index in [0.717, 1.165) is 38.8 Å². The van der Waals surface area contributed by atoms with Crippen LogP contribution in [0.1, 0.15) is 43.9 Å². The van der Waals surface area contributed by atoms with E-state index < -0.39 is 11.0 Å². The van der Waals surface area contributed by atoms with Crippen molar-refractivity contribution in [2.45, 2.75) is 57.1 Å². The highest BCUT2D eigenvalue weighted by Crippen LogP contribution is 2.52. The zero-order chi connectivity index (χ0) is 15.6. The minimum atomic E-state index is -0.830.